The number of rotatable bonds is 6. The zero-order valence-corrected chi connectivity index (χ0v) is 15.7. The fourth-order valence-electron chi connectivity index (χ4n) is 4.24. The zero-order chi connectivity index (χ0) is 20.0. The van der Waals surface area contributed by atoms with Crippen LogP contribution >= 0.6 is 0 Å². The molecule has 1 aliphatic heterocycles. The van der Waals surface area contributed by atoms with Crippen molar-refractivity contribution >= 4 is 10.8 Å². The Bertz CT molecular complexity index is 1020. The summed E-state index contributed by atoms with van der Waals surface area (Å²) in [5, 5.41) is 20.0. The highest BCUT2D eigenvalue weighted by molar-refractivity contribution is 5.88. The number of aromatic nitrogens is 2. The molecule has 0 radical (unpaired) electrons. The van der Waals surface area contributed by atoms with Crippen LogP contribution in [-0.4, -0.2) is 58.5 Å². The van der Waals surface area contributed by atoms with Crippen molar-refractivity contribution in [3.8, 4) is 16.9 Å². The monoisotopic (exact) mass is 397 g/mol. The minimum Gasteiger partial charge on any atom is -0.491 e. The van der Waals surface area contributed by atoms with Crippen LogP contribution in [0.5, 0.6) is 5.75 Å². The van der Waals surface area contributed by atoms with Gasteiger partial charge in [-0.25, -0.2) is 8.78 Å². The first-order chi connectivity index (χ1) is 14.0. The fourth-order valence-corrected chi connectivity index (χ4v) is 4.24. The minimum atomic E-state index is -2.49. The van der Waals surface area contributed by atoms with Crippen molar-refractivity contribution in [2.24, 2.45) is 11.8 Å². The van der Waals surface area contributed by atoms with Gasteiger partial charge in [0.25, 0.3) is 5.92 Å². The van der Waals surface area contributed by atoms with Gasteiger partial charge in [0, 0.05) is 37.0 Å². The second kappa shape index (κ2) is 7.00. The molecule has 5 rings (SSSR count). The third kappa shape index (κ3) is 3.56. The molecule has 1 N–H and O–H groups in total. The molecule has 1 saturated carbocycles. The van der Waals surface area contributed by atoms with E-state index in [1.165, 1.54) is 0 Å². The molecule has 1 aliphatic carbocycles. The standard InChI is InChI=1S/C22H21F2N3O2/c23-22(24)20-11-27(12-21(20)22)10-18(28)13-29-19-4-3-14-7-15(1-2-16(14)8-19)17-5-6-25-26-9-17/h1-9,18,20-21,28H,10-13H2. The molecular formula is C22H21F2N3O2. The quantitative estimate of drug-likeness (QED) is 0.692. The summed E-state index contributed by atoms with van der Waals surface area (Å²) < 4.78 is 32.2. The first-order valence-electron chi connectivity index (χ1n) is 9.72. The molecule has 3 unspecified atom stereocenters. The normalized spacial score (nSPS) is 23.7. The van der Waals surface area contributed by atoms with Crippen molar-refractivity contribution in [2.75, 3.05) is 26.2 Å². The number of aliphatic hydroxyl groups excluding tert-OH is 1. The summed E-state index contributed by atoms with van der Waals surface area (Å²) in [6.45, 7) is 1.22. The van der Waals surface area contributed by atoms with Gasteiger partial charge in [0.2, 0.25) is 0 Å². The molecule has 2 aliphatic rings. The molecule has 2 aromatic carbocycles. The van der Waals surface area contributed by atoms with Crippen LogP contribution in [0.1, 0.15) is 0 Å². The molecule has 2 fully saturated rings. The van der Waals surface area contributed by atoms with Gasteiger partial charge in [-0.15, -0.1) is 0 Å². The Balaban J connectivity index is 1.19. The maximum Gasteiger partial charge on any atom is 0.257 e. The van der Waals surface area contributed by atoms with Crippen LogP contribution < -0.4 is 4.74 Å². The molecule has 0 amide bonds. The van der Waals surface area contributed by atoms with E-state index < -0.39 is 23.9 Å². The van der Waals surface area contributed by atoms with Crippen molar-refractivity contribution in [3.05, 3.63) is 54.9 Å². The summed E-state index contributed by atoms with van der Waals surface area (Å²) >= 11 is 0. The van der Waals surface area contributed by atoms with E-state index in [-0.39, 0.29) is 6.61 Å². The summed E-state index contributed by atoms with van der Waals surface area (Å²) in [6.07, 6.45) is 2.68. The van der Waals surface area contributed by atoms with Crippen molar-refractivity contribution in [1.82, 2.24) is 15.1 Å². The van der Waals surface area contributed by atoms with Crippen LogP contribution in [0.2, 0.25) is 0 Å². The van der Waals surface area contributed by atoms with Gasteiger partial charge in [-0.2, -0.15) is 10.2 Å². The summed E-state index contributed by atoms with van der Waals surface area (Å²) in [5.74, 6) is -2.87. The van der Waals surface area contributed by atoms with E-state index in [1.807, 2.05) is 41.3 Å². The first kappa shape index (κ1) is 18.4. The summed E-state index contributed by atoms with van der Waals surface area (Å²) in [7, 11) is 0. The predicted octanol–water partition coefficient (Wildman–Crippen LogP) is 3.23. The Morgan fingerprint density at radius 3 is 2.55 bits per heavy atom. The van der Waals surface area contributed by atoms with E-state index in [4.69, 9.17) is 4.74 Å². The highest BCUT2D eigenvalue weighted by Crippen LogP contribution is 2.59. The van der Waals surface area contributed by atoms with Crippen LogP contribution in [0.15, 0.2) is 54.9 Å². The smallest absolute Gasteiger partial charge is 0.257 e. The van der Waals surface area contributed by atoms with Gasteiger partial charge in [0.15, 0.2) is 0 Å². The average molecular weight is 397 g/mol. The van der Waals surface area contributed by atoms with Crippen LogP contribution in [0.4, 0.5) is 8.78 Å². The number of likely N-dealkylation sites (tertiary alicyclic amines) is 1. The lowest BCUT2D eigenvalue weighted by Crippen LogP contribution is -2.37. The topological polar surface area (TPSA) is 58.5 Å². The van der Waals surface area contributed by atoms with E-state index in [2.05, 4.69) is 16.3 Å². The Kier molecular flexibility index (Phi) is 4.44. The number of fused-ring (bicyclic) bond motifs is 2. The number of halogens is 2. The maximum absolute atomic E-state index is 13.3. The second-order valence-corrected chi connectivity index (χ2v) is 7.93. The maximum atomic E-state index is 13.3. The Labute approximate surface area is 166 Å². The van der Waals surface area contributed by atoms with Gasteiger partial charge < -0.3 is 9.84 Å². The number of hydrogen-bond donors (Lipinski definition) is 1. The molecule has 2 heterocycles. The first-order valence-corrected chi connectivity index (χ1v) is 9.72. The van der Waals surface area contributed by atoms with Crippen molar-refractivity contribution < 1.29 is 18.6 Å². The van der Waals surface area contributed by atoms with Crippen molar-refractivity contribution in [1.29, 1.82) is 0 Å². The third-order valence-electron chi connectivity index (χ3n) is 5.92. The number of β-amino-alcohol motifs (C(OH)–C–C–N with tert-alkyl or cyclic N) is 1. The van der Waals surface area contributed by atoms with Crippen LogP contribution in [0.3, 0.4) is 0 Å². The van der Waals surface area contributed by atoms with E-state index >= 15 is 0 Å². The minimum absolute atomic E-state index is 0.133. The van der Waals surface area contributed by atoms with E-state index in [0.717, 1.165) is 21.9 Å². The Hall–Kier alpha value is -2.64. The van der Waals surface area contributed by atoms with Crippen molar-refractivity contribution in [3.63, 3.8) is 0 Å². The molecule has 150 valence electrons. The van der Waals surface area contributed by atoms with Gasteiger partial charge in [-0.05, 0) is 40.6 Å². The number of aliphatic hydroxyl groups is 1. The number of benzene rings is 2. The van der Waals surface area contributed by atoms with Gasteiger partial charge in [-0.3, -0.25) is 4.90 Å². The number of nitrogens with zero attached hydrogens (tertiary/aromatic N) is 3. The predicted molar refractivity (Wildman–Crippen MR) is 105 cm³/mol. The number of ether oxygens (including phenoxy) is 1. The Morgan fingerprint density at radius 1 is 1.03 bits per heavy atom. The molecule has 3 atom stereocenters. The van der Waals surface area contributed by atoms with Crippen LogP contribution in [0, 0.1) is 11.8 Å². The van der Waals surface area contributed by atoms with Crippen LogP contribution in [0.25, 0.3) is 21.9 Å². The molecule has 29 heavy (non-hydrogen) atoms. The molecule has 3 aromatic rings. The summed E-state index contributed by atoms with van der Waals surface area (Å²) in [4.78, 5) is 1.90. The van der Waals surface area contributed by atoms with E-state index in [9.17, 15) is 13.9 Å². The summed E-state index contributed by atoms with van der Waals surface area (Å²) in [6, 6.07) is 13.8. The van der Waals surface area contributed by atoms with E-state index in [1.54, 1.807) is 12.4 Å². The summed E-state index contributed by atoms with van der Waals surface area (Å²) in [5.41, 5.74) is 2.06. The fraction of sp³-hybridized carbons (Fsp3) is 0.364. The molecule has 0 bridgehead atoms. The number of alkyl halides is 2. The Morgan fingerprint density at radius 2 is 1.79 bits per heavy atom. The molecule has 0 spiro atoms. The number of piperidine rings is 1. The number of hydrogen-bond acceptors (Lipinski definition) is 5. The van der Waals surface area contributed by atoms with Gasteiger partial charge in [0.05, 0.1) is 12.4 Å². The third-order valence-corrected chi connectivity index (χ3v) is 5.92. The van der Waals surface area contributed by atoms with Crippen LogP contribution in [-0.2, 0) is 0 Å². The lowest BCUT2D eigenvalue weighted by atomic mass is 10.0. The highest BCUT2D eigenvalue weighted by atomic mass is 19.3. The van der Waals surface area contributed by atoms with Crippen molar-refractivity contribution in [2.45, 2.75) is 12.0 Å². The lowest BCUT2D eigenvalue weighted by molar-refractivity contribution is 0.0302. The second-order valence-electron chi connectivity index (χ2n) is 7.93. The molecule has 1 aromatic heterocycles. The van der Waals surface area contributed by atoms with E-state index in [0.29, 0.717) is 25.4 Å². The van der Waals surface area contributed by atoms with Gasteiger partial charge in [0.1, 0.15) is 18.5 Å². The molecular weight excluding hydrogens is 376 g/mol. The largest absolute Gasteiger partial charge is 0.491 e. The molecule has 1 saturated heterocycles. The highest BCUT2D eigenvalue weighted by Gasteiger charge is 2.71. The lowest BCUT2D eigenvalue weighted by Gasteiger charge is -2.22. The zero-order valence-electron chi connectivity index (χ0n) is 15.7. The molecule has 7 heteroatoms. The SMILES string of the molecule is OC(COc1ccc2cc(-c3ccnnc3)ccc2c1)CN1CC2C(C1)C2(F)F. The van der Waals surface area contributed by atoms with Gasteiger partial charge in [-0.1, -0.05) is 18.2 Å². The van der Waals surface area contributed by atoms with Gasteiger partial charge >= 0.3 is 0 Å². The average Bonchev–Trinajstić information content (AvgIpc) is 3.06. The molecule has 5 nitrogen and oxygen atoms in total.